The molecule has 6 atom stereocenters. The number of amides is 2. The highest BCUT2D eigenvalue weighted by molar-refractivity contribution is 5.83. The second kappa shape index (κ2) is 21.4. The summed E-state index contributed by atoms with van der Waals surface area (Å²) in [5.41, 5.74) is 0. The van der Waals surface area contributed by atoms with E-state index in [4.69, 9.17) is 4.74 Å². The first-order chi connectivity index (χ1) is 19.6. The third-order valence-electron chi connectivity index (χ3n) is 7.76. The van der Waals surface area contributed by atoms with Crippen molar-refractivity contribution in [3.05, 3.63) is 0 Å². The minimum absolute atomic E-state index is 0.211. The Kier molecular flexibility index (Phi) is 19.6. The van der Waals surface area contributed by atoms with Crippen LogP contribution in [0, 0.1) is 0 Å². The van der Waals surface area contributed by atoms with E-state index in [2.05, 4.69) is 17.6 Å². The molecule has 0 saturated carbocycles. The average molecular weight is 590 g/mol. The quantitative estimate of drug-likeness (QED) is 0.0874. The lowest BCUT2D eigenvalue weighted by Gasteiger charge is -2.45. The van der Waals surface area contributed by atoms with Gasteiger partial charge >= 0.3 is 0 Å². The Morgan fingerprint density at radius 2 is 1.46 bits per heavy atom. The van der Waals surface area contributed by atoms with Crippen LogP contribution in [0.2, 0.25) is 0 Å². The fraction of sp³-hybridized carbons (Fsp3) is 0.933. The van der Waals surface area contributed by atoms with Gasteiger partial charge in [0.15, 0.2) is 0 Å². The summed E-state index contributed by atoms with van der Waals surface area (Å²) in [6, 6.07) is -1.19. The maximum Gasteiger partial charge on any atom is 0.280 e. The lowest BCUT2D eigenvalue weighted by molar-refractivity contribution is -0.287. The molecule has 2 amide bonds. The van der Waals surface area contributed by atoms with Gasteiger partial charge in [0.1, 0.15) is 18.3 Å². The van der Waals surface area contributed by atoms with Crippen LogP contribution < -0.4 is 10.6 Å². The molecule has 1 heterocycles. The van der Waals surface area contributed by atoms with Gasteiger partial charge in [-0.25, -0.2) is 0 Å². The lowest BCUT2D eigenvalue weighted by atomic mass is 9.88. The molecular weight excluding hydrogens is 530 g/mol. The normalized spacial score (nSPS) is 24.3. The molecule has 1 saturated heterocycles. The highest BCUT2D eigenvalue weighted by atomic mass is 16.6. The second-order valence-corrected chi connectivity index (χ2v) is 11.9. The molecule has 0 aromatic heterocycles. The van der Waals surface area contributed by atoms with E-state index in [0.717, 1.165) is 19.3 Å². The first kappa shape index (κ1) is 37.7. The van der Waals surface area contributed by atoms with E-state index in [-0.39, 0.29) is 18.9 Å². The Bertz CT molecular complexity index is 713. The maximum atomic E-state index is 12.7. The van der Waals surface area contributed by atoms with E-state index in [1.807, 2.05) is 19.0 Å². The van der Waals surface area contributed by atoms with Gasteiger partial charge < -0.3 is 45.8 Å². The van der Waals surface area contributed by atoms with Crippen LogP contribution in [0.15, 0.2) is 0 Å². The molecule has 1 fully saturated rings. The number of rotatable bonds is 23. The van der Waals surface area contributed by atoms with Gasteiger partial charge in [0, 0.05) is 19.4 Å². The Hall–Kier alpha value is -1.34. The van der Waals surface area contributed by atoms with E-state index in [0.29, 0.717) is 19.4 Å². The number of carbonyl (C=O) groups is 2. The van der Waals surface area contributed by atoms with Gasteiger partial charge in [-0.05, 0) is 33.5 Å². The average Bonchev–Trinajstić information content (AvgIpc) is 2.93. The third kappa shape index (κ3) is 15.1. The van der Waals surface area contributed by atoms with E-state index < -0.39 is 55.2 Å². The summed E-state index contributed by atoms with van der Waals surface area (Å²) in [5, 5.41) is 56.9. The van der Waals surface area contributed by atoms with Crippen molar-refractivity contribution in [2.24, 2.45) is 0 Å². The largest absolute Gasteiger partial charge is 0.394 e. The molecule has 242 valence electrons. The third-order valence-corrected chi connectivity index (χ3v) is 7.76. The highest BCUT2D eigenvalue weighted by Crippen LogP contribution is 2.31. The van der Waals surface area contributed by atoms with Crippen LogP contribution in [0.4, 0.5) is 0 Å². The predicted molar refractivity (Wildman–Crippen MR) is 158 cm³/mol. The van der Waals surface area contributed by atoms with Crippen LogP contribution in [-0.4, -0.2) is 112 Å². The highest BCUT2D eigenvalue weighted by Gasteiger charge is 2.53. The maximum absolute atomic E-state index is 12.7. The predicted octanol–water partition coefficient (Wildman–Crippen LogP) is 1.57. The first-order valence-electron chi connectivity index (χ1n) is 15.8. The molecule has 0 bridgehead atoms. The first-order valence-corrected chi connectivity index (χ1v) is 15.8. The van der Waals surface area contributed by atoms with Crippen LogP contribution in [-0.2, 0) is 14.3 Å². The molecule has 0 spiro atoms. The van der Waals surface area contributed by atoms with E-state index in [1.54, 1.807) is 0 Å². The fourth-order valence-corrected chi connectivity index (χ4v) is 5.21. The number of aliphatic hydroxyl groups is 5. The number of unbranched alkanes of at least 4 members (excludes halogenated alkanes) is 12. The van der Waals surface area contributed by atoms with Crippen LogP contribution in [0.3, 0.4) is 0 Å². The van der Waals surface area contributed by atoms with Crippen molar-refractivity contribution in [3.63, 3.8) is 0 Å². The molecule has 1 aliphatic heterocycles. The molecule has 0 aliphatic carbocycles. The molecule has 7 N–H and O–H groups in total. The fourth-order valence-electron chi connectivity index (χ4n) is 5.21. The van der Waals surface area contributed by atoms with E-state index in [1.165, 1.54) is 57.8 Å². The van der Waals surface area contributed by atoms with Gasteiger partial charge in [-0.2, -0.15) is 0 Å². The Labute approximate surface area is 247 Å². The summed E-state index contributed by atoms with van der Waals surface area (Å²) in [5.74, 6) is -3.73. The summed E-state index contributed by atoms with van der Waals surface area (Å²) < 4.78 is 5.54. The SMILES string of the molecule is CCCCCCCCCCCCCCCC(=O)N[C@H]1[C@H]([C@H](O)[C@H](O)CO)OC(O)(C(=O)NCCCN(C)C)C[C@@H]1O. The summed E-state index contributed by atoms with van der Waals surface area (Å²) in [7, 11) is 3.78. The lowest BCUT2D eigenvalue weighted by Crippen LogP contribution is -2.68. The van der Waals surface area contributed by atoms with E-state index in [9.17, 15) is 35.1 Å². The van der Waals surface area contributed by atoms with Gasteiger partial charge in [0.05, 0.1) is 18.8 Å². The minimum Gasteiger partial charge on any atom is -0.394 e. The molecule has 1 rings (SSSR count). The summed E-state index contributed by atoms with van der Waals surface area (Å²) in [6.07, 6.45) is 9.29. The van der Waals surface area contributed by atoms with Crippen molar-refractivity contribution in [1.29, 1.82) is 0 Å². The zero-order valence-corrected chi connectivity index (χ0v) is 25.7. The van der Waals surface area contributed by atoms with Gasteiger partial charge in [0.25, 0.3) is 5.91 Å². The Morgan fingerprint density at radius 3 is 1.98 bits per heavy atom. The van der Waals surface area contributed by atoms with Crippen LogP contribution >= 0.6 is 0 Å². The van der Waals surface area contributed by atoms with Crippen molar-refractivity contribution in [1.82, 2.24) is 15.5 Å². The summed E-state index contributed by atoms with van der Waals surface area (Å²) in [6.45, 7) is 2.38. The Balaban J connectivity index is 2.49. The van der Waals surface area contributed by atoms with Crippen molar-refractivity contribution in [2.75, 3.05) is 33.8 Å². The number of ether oxygens (including phenoxy) is 1. The van der Waals surface area contributed by atoms with Gasteiger partial charge in [0.2, 0.25) is 11.7 Å². The van der Waals surface area contributed by atoms with Crippen molar-refractivity contribution in [3.8, 4) is 0 Å². The Morgan fingerprint density at radius 1 is 0.927 bits per heavy atom. The van der Waals surface area contributed by atoms with E-state index >= 15 is 0 Å². The zero-order chi connectivity index (χ0) is 30.7. The molecule has 0 radical (unpaired) electrons. The number of nitrogens with zero attached hydrogens (tertiary/aromatic N) is 1. The summed E-state index contributed by atoms with van der Waals surface area (Å²) >= 11 is 0. The summed E-state index contributed by atoms with van der Waals surface area (Å²) in [4.78, 5) is 27.3. The molecule has 11 heteroatoms. The smallest absolute Gasteiger partial charge is 0.280 e. The molecule has 41 heavy (non-hydrogen) atoms. The molecule has 11 nitrogen and oxygen atoms in total. The zero-order valence-electron chi connectivity index (χ0n) is 25.7. The van der Waals surface area contributed by atoms with Gasteiger partial charge in [-0.1, -0.05) is 84.0 Å². The number of carbonyl (C=O) groups excluding carboxylic acids is 2. The van der Waals surface area contributed by atoms with Crippen molar-refractivity contribution >= 4 is 11.8 Å². The van der Waals surface area contributed by atoms with Crippen LogP contribution in [0.1, 0.15) is 110 Å². The number of nitrogens with one attached hydrogen (secondary N) is 2. The molecule has 0 aromatic rings. The molecular formula is C30H59N3O8. The monoisotopic (exact) mass is 589 g/mol. The van der Waals surface area contributed by atoms with Gasteiger partial charge in [-0.15, -0.1) is 0 Å². The second-order valence-electron chi connectivity index (χ2n) is 11.9. The standard InChI is InChI=1S/C30H59N3O8/c1-4-5-6-7-8-9-10-11-12-13-14-15-16-18-25(37)32-26-23(35)21-30(40,29(39)31-19-17-20-33(2)3)41-28(26)27(38)24(36)22-34/h23-24,26-28,34-36,38,40H,4-22H2,1-3H3,(H,31,39)(H,32,37)/t23-,24+,26+,27+,28+,30?/m0/s1. The van der Waals surface area contributed by atoms with Crippen molar-refractivity contribution < 1.29 is 39.9 Å². The topological polar surface area (TPSA) is 172 Å². The van der Waals surface area contributed by atoms with Crippen LogP contribution in [0.5, 0.6) is 0 Å². The van der Waals surface area contributed by atoms with Crippen molar-refractivity contribution in [2.45, 2.75) is 146 Å². The number of hydrogen-bond acceptors (Lipinski definition) is 9. The van der Waals surface area contributed by atoms with Gasteiger partial charge in [-0.3, -0.25) is 9.59 Å². The minimum atomic E-state index is -2.48. The number of aliphatic hydroxyl groups excluding tert-OH is 4. The molecule has 1 aliphatic rings. The number of hydrogen-bond donors (Lipinski definition) is 7. The molecule has 1 unspecified atom stereocenters. The van der Waals surface area contributed by atoms with Crippen LogP contribution in [0.25, 0.3) is 0 Å². The molecule has 0 aromatic carbocycles.